The average Bonchev–Trinajstić information content (AvgIpc) is 2.64. The maximum atomic E-state index is 5.15. The molecule has 3 heteroatoms. The monoisotopic (exact) mass is 426 g/mol. The largest absolute Gasteiger partial charge is 0.232 e. The highest BCUT2D eigenvalue weighted by Gasteiger charge is 2.24. The zero-order valence-corrected chi connectivity index (χ0v) is 21.4. The van der Waals surface area contributed by atoms with E-state index in [-0.39, 0.29) is 5.92 Å². The summed E-state index contributed by atoms with van der Waals surface area (Å²) in [6, 6.07) is 13.6. The zero-order valence-electron chi connectivity index (χ0n) is 20.4. The van der Waals surface area contributed by atoms with E-state index in [1.807, 2.05) is 0 Å². The van der Waals surface area contributed by atoms with Gasteiger partial charge < -0.3 is 0 Å². The Morgan fingerprint density at radius 3 is 2.03 bits per heavy atom. The van der Waals surface area contributed by atoms with Crippen molar-refractivity contribution in [2.45, 2.75) is 67.1 Å². The van der Waals surface area contributed by atoms with Gasteiger partial charge in [0.05, 0.1) is 19.3 Å². The smallest absolute Gasteiger partial charge is 0.132 e. The highest BCUT2D eigenvalue weighted by Crippen LogP contribution is 2.35. The van der Waals surface area contributed by atoms with Crippen LogP contribution in [0.3, 0.4) is 0 Å². The van der Waals surface area contributed by atoms with Crippen LogP contribution in [-0.4, -0.2) is 18.0 Å². The summed E-state index contributed by atoms with van der Waals surface area (Å²) < 4.78 is 0. The van der Waals surface area contributed by atoms with Crippen LogP contribution in [0.5, 0.6) is 0 Å². The van der Waals surface area contributed by atoms with Gasteiger partial charge >= 0.3 is 0 Å². The minimum atomic E-state index is -1.50. The maximum Gasteiger partial charge on any atom is 0.132 e. The predicted octanol–water partition coefficient (Wildman–Crippen LogP) is 7.35. The van der Waals surface area contributed by atoms with Crippen molar-refractivity contribution >= 4 is 34.9 Å². The molecule has 0 amide bonds. The molecule has 0 N–H and O–H groups in total. The first-order valence-electron chi connectivity index (χ1n) is 11.3. The van der Waals surface area contributed by atoms with Crippen LogP contribution in [0.1, 0.15) is 47.8 Å². The molecular weight excluding hydrogens is 392 g/mol. The first kappa shape index (κ1) is 21.7. The summed E-state index contributed by atoms with van der Waals surface area (Å²) in [6.07, 6.45) is 0. The van der Waals surface area contributed by atoms with E-state index in [1.165, 1.54) is 38.6 Å². The van der Waals surface area contributed by atoms with Gasteiger partial charge in [0.1, 0.15) is 5.82 Å². The van der Waals surface area contributed by atoms with Gasteiger partial charge in [-0.3, -0.25) is 0 Å². The lowest BCUT2D eigenvalue weighted by Crippen LogP contribution is -2.41. The van der Waals surface area contributed by atoms with E-state index >= 15 is 0 Å². The molecule has 2 nitrogen and oxygen atoms in total. The van der Waals surface area contributed by atoms with Gasteiger partial charge in [0, 0.05) is 22.3 Å². The quantitative estimate of drug-likeness (QED) is 0.253. The summed E-state index contributed by atoms with van der Waals surface area (Å²) in [5.74, 6) is 1.19. The van der Waals surface area contributed by atoms with E-state index in [4.69, 9.17) is 9.97 Å². The van der Waals surface area contributed by atoms with Crippen LogP contribution in [0, 0.1) is 27.7 Å². The Hall–Kier alpha value is -2.52. The van der Waals surface area contributed by atoms with Gasteiger partial charge in [-0.1, -0.05) is 73.6 Å². The molecule has 31 heavy (non-hydrogen) atoms. The summed E-state index contributed by atoms with van der Waals surface area (Å²) in [5, 5.41) is 5.29. The SMILES string of the molecule is Cc1cc(C)cc(-c2nc(C(C)C)nc3c2ccc2cc(C)c([Si](C)(C)C)c(C)c23)c1. The maximum absolute atomic E-state index is 5.15. The molecule has 0 saturated heterocycles. The number of hydrogen-bond donors (Lipinski definition) is 0. The Labute approximate surface area is 187 Å². The van der Waals surface area contributed by atoms with Crippen LogP contribution in [0.2, 0.25) is 19.6 Å². The second kappa shape index (κ2) is 7.56. The van der Waals surface area contributed by atoms with Gasteiger partial charge in [-0.15, -0.1) is 0 Å². The lowest BCUT2D eigenvalue weighted by molar-refractivity contribution is 0.785. The molecule has 0 bridgehead atoms. The molecule has 4 aromatic rings. The van der Waals surface area contributed by atoms with E-state index in [9.17, 15) is 0 Å². The Morgan fingerprint density at radius 1 is 0.806 bits per heavy atom. The molecule has 0 fully saturated rings. The summed E-state index contributed by atoms with van der Waals surface area (Å²) in [7, 11) is -1.50. The third-order valence-corrected chi connectivity index (χ3v) is 8.47. The van der Waals surface area contributed by atoms with E-state index in [0.717, 1.165) is 22.4 Å². The number of rotatable bonds is 3. The van der Waals surface area contributed by atoms with Crippen LogP contribution in [0.25, 0.3) is 32.9 Å². The van der Waals surface area contributed by atoms with Crippen LogP contribution < -0.4 is 5.19 Å². The van der Waals surface area contributed by atoms with Gasteiger partial charge in [0.25, 0.3) is 0 Å². The third-order valence-electron chi connectivity index (χ3n) is 6.20. The zero-order chi connectivity index (χ0) is 22.7. The number of fused-ring (bicyclic) bond motifs is 3. The molecule has 0 aliphatic carbocycles. The van der Waals surface area contributed by atoms with Crippen molar-refractivity contribution in [1.29, 1.82) is 0 Å². The Balaban J connectivity index is 2.20. The molecule has 0 aliphatic rings. The van der Waals surface area contributed by atoms with E-state index in [2.05, 4.69) is 97.6 Å². The highest BCUT2D eigenvalue weighted by molar-refractivity contribution is 6.89. The molecular formula is C28H34N2Si. The Kier molecular flexibility index (Phi) is 5.29. The molecule has 1 aromatic heterocycles. The van der Waals surface area contributed by atoms with E-state index < -0.39 is 8.07 Å². The van der Waals surface area contributed by atoms with Crippen molar-refractivity contribution in [3.05, 3.63) is 64.5 Å². The molecule has 0 atom stereocenters. The number of aromatic nitrogens is 2. The van der Waals surface area contributed by atoms with Gasteiger partial charge in [-0.25, -0.2) is 9.97 Å². The van der Waals surface area contributed by atoms with E-state index in [1.54, 1.807) is 5.19 Å². The Bertz CT molecular complexity index is 1310. The van der Waals surface area contributed by atoms with Crippen LogP contribution >= 0.6 is 0 Å². The van der Waals surface area contributed by atoms with Crippen molar-refractivity contribution in [1.82, 2.24) is 9.97 Å². The van der Waals surface area contributed by atoms with Crippen molar-refractivity contribution in [2.24, 2.45) is 0 Å². The van der Waals surface area contributed by atoms with Crippen LogP contribution in [-0.2, 0) is 0 Å². The van der Waals surface area contributed by atoms with Gasteiger partial charge in [0.15, 0.2) is 0 Å². The third kappa shape index (κ3) is 3.80. The molecule has 0 saturated carbocycles. The second-order valence-corrected chi connectivity index (χ2v) is 15.5. The van der Waals surface area contributed by atoms with Gasteiger partial charge in [-0.2, -0.15) is 0 Å². The molecule has 4 rings (SSSR count). The molecule has 160 valence electrons. The van der Waals surface area contributed by atoms with Crippen LogP contribution in [0.4, 0.5) is 0 Å². The Morgan fingerprint density at radius 2 is 1.45 bits per heavy atom. The van der Waals surface area contributed by atoms with E-state index in [0.29, 0.717) is 0 Å². The van der Waals surface area contributed by atoms with Gasteiger partial charge in [-0.05, 0) is 56.8 Å². The fourth-order valence-electron chi connectivity index (χ4n) is 5.21. The molecule has 1 heterocycles. The van der Waals surface area contributed by atoms with Crippen molar-refractivity contribution in [3.8, 4) is 11.3 Å². The van der Waals surface area contributed by atoms with Crippen molar-refractivity contribution in [3.63, 3.8) is 0 Å². The lowest BCUT2D eigenvalue weighted by atomic mass is 9.95. The fourth-order valence-corrected chi connectivity index (χ4v) is 7.72. The predicted molar refractivity (Wildman–Crippen MR) is 138 cm³/mol. The normalized spacial score (nSPS) is 12.3. The van der Waals surface area contributed by atoms with Crippen molar-refractivity contribution < 1.29 is 0 Å². The molecule has 0 spiro atoms. The summed E-state index contributed by atoms with van der Waals surface area (Å²) >= 11 is 0. The number of benzene rings is 3. The van der Waals surface area contributed by atoms with Gasteiger partial charge in [0.2, 0.25) is 0 Å². The fraction of sp³-hybridized carbons (Fsp3) is 0.357. The second-order valence-electron chi connectivity index (χ2n) is 10.5. The first-order valence-corrected chi connectivity index (χ1v) is 14.8. The van der Waals surface area contributed by atoms with Crippen molar-refractivity contribution in [2.75, 3.05) is 0 Å². The molecule has 0 radical (unpaired) electrons. The topological polar surface area (TPSA) is 25.8 Å². The summed E-state index contributed by atoms with van der Waals surface area (Å²) in [5.41, 5.74) is 8.68. The minimum Gasteiger partial charge on any atom is -0.232 e. The lowest BCUT2D eigenvalue weighted by Gasteiger charge is -2.24. The molecule has 3 aromatic carbocycles. The molecule has 0 aliphatic heterocycles. The number of nitrogens with zero attached hydrogens (tertiary/aromatic N) is 2. The van der Waals surface area contributed by atoms with Crippen LogP contribution in [0.15, 0.2) is 36.4 Å². The first-order chi connectivity index (χ1) is 14.5. The summed E-state index contributed by atoms with van der Waals surface area (Å²) in [6.45, 7) is 20.6. The average molecular weight is 427 g/mol. The standard InChI is InChI=1S/C28H34N2Si/c1-16(2)28-29-25(22-13-17(3)12-18(4)14-22)23-11-10-21-15-19(5)27(31(7,8)9)20(6)24(21)26(23)30-28/h10-16H,1-9H3. The molecule has 0 unspecified atom stereocenters. The summed E-state index contributed by atoms with van der Waals surface area (Å²) in [4.78, 5) is 10.2. The highest BCUT2D eigenvalue weighted by atomic mass is 28.3. The number of aryl methyl sites for hydroxylation is 4. The number of hydrogen-bond acceptors (Lipinski definition) is 2. The minimum absolute atomic E-state index is 0.270.